The van der Waals surface area contributed by atoms with E-state index in [4.69, 9.17) is 0 Å². The van der Waals surface area contributed by atoms with Crippen molar-refractivity contribution in [2.45, 2.75) is 19.9 Å². The van der Waals surface area contributed by atoms with Gasteiger partial charge in [0.15, 0.2) is 5.96 Å². The van der Waals surface area contributed by atoms with Crippen molar-refractivity contribution in [2.24, 2.45) is 4.99 Å². The molecule has 0 radical (unpaired) electrons. The van der Waals surface area contributed by atoms with E-state index in [2.05, 4.69) is 34.7 Å². The molecular weight excluding hydrogens is 296 g/mol. The lowest BCUT2D eigenvalue weighted by atomic mass is 10.1. The van der Waals surface area contributed by atoms with E-state index in [9.17, 15) is 8.78 Å². The van der Waals surface area contributed by atoms with Crippen LogP contribution in [0, 0.1) is 18.6 Å². The molecule has 0 fully saturated rings. The van der Waals surface area contributed by atoms with Crippen LogP contribution in [0.15, 0.2) is 47.5 Å². The van der Waals surface area contributed by atoms with E-state index in [1.54, 1.807) is 7.05 Å². The SMILES string of the molecule is CN=C(NCCc1ccc(F)cc1F)NCc1ccccc1C. The Hall–Kier alpha value is -2.43. The Bertz CT molecular complexity index is 684. The third-order valence-corrected chi connectivity index (χ3v) is 3.63. The predicted octanol–water partition coefficient (Wildman–Crippen LogP) is 3.18. The van der Waals surface area contributed by atoms with E-state index in [-0.39, 0.29) is 0 Å². The summed E-state index contributed by atoms with van der Waals surface area (Å²) in [7, 11) is 1.69. The molecule has 0 amide bonds. The Kier molecular flexibility index (Phi) is 6.09. The van der Waals surface area contributed by atoms with Gasteiger partial charge in [-0.1, -0.05) is 30.3 Å². The summed E-state index contributed by atoms with van der Waals surface area (Å²) in [5.74, 6) is -0.430. The second kappa shape index (κ2) is 8.27. The molecular formula is C18H21F2N3. The molecule has 5 heteroatoms. The molecule has 0 saturated carbocycles. The highest BCUT2D eigenvalue weighted by Gasteiger charge is 2.05. The minimum absolute atomic E-state index is 0.456. The average molecular weight is 317 g/mol. The molecule has 0 heterocycles. The third kappa shape index (κ3) is 5.06. The first-order valence-electron chi connectivity index (χ1n) is 7.53. The Balaban J connectivity index is 1.82. The van der Waals surface area contributed by atoms with Crippen molar-refractivity contribution in [3.8, 4) is 0 Å². The van der Waals surface area contributed by atoms with Gasteiger partial charge in [0.2, 0.25) is 0 Å². The van der Waals surface area contributed by atoms with Gasteiger partial charge in [0, 0.05) is 26.2 Å². The van der Waals surface area contributed by atoms with Gasteiger partial charge in [0.25, 0.3) is 0 Å². The molecule has 0 aromatic heterocycles. The standard InChI is InChI=1S/C18H21F2N3/c1-13-5-3-4-6-15(13)12-23-18(21-2)22-10-9-14-7-8-16(19)11-17(14)20/h3-8,11H,9-10,12H2,1-2H3,(H2,21,22,23). The summed E-state index contributed by atoms with van der Waals surface area (Å²) >= 11 is 0. The smallest absolute Gasteiger partial charge is 0.191 e. The Morgan fingerprint density at radius 1 is 1.04 bits per heavy atom. The van der Waals surface area contributed by atoms with Gasteiger partial charge in [-0.25, -0.2) is 8.78 Å². The molecule has 0 aliphatic heterocycles. The molecule has 0 aliphatic carbocycles. The number of guanidine groups is 1. The normalized spacial score (nSPS) is 11.4. The van der Waals surface area contributed by atoms with Crippen molar-refractivity contribution in [3.05, 3.63) is 70.8 Å². The number of aryl methyl sites for hydroxylation is 1. The Morgan fingerprint density at radius 2 is 1.83 bits per heavy atom. The molecule has 2 aromatic rings. The fraction of sp³-hybridized carbons (Fsp3) is 0.278. The number of rotatable bonds is 5. The van der Waals surface area contributed by atoms with Gasteiger partial charge in [-0.2, -0.15) is 0 Å². The topological polar surface area (TPSA) is 36.4 Å². The molecule has 2 rings (SSSR count). The first kappa shape index (κ1) is 16.9. The van der Waals surface area contributed by atoms with Gasteiger partial charge in [0.1, 0.15) is 11.6 Å². The van der Waals surface area contributed by atoms with Crippen molar-refractivity contribution < 1.29 is 8.78 Å². The first-order chi connectivity index (χ1) is 11.1. The van der Waals surface area contributed by atoms with Crippen LogP contribution in [0.4, 0.5) is 8.78 Å². The highest BCUT2D eigenvalue weighted by atomic mass is 19.1. The number of nitrogens with one attached hydrogen (secondary N) is 2. The van der Waals surface area contributed by atoms with Crippen LogP contribution in [0.2, 0.25) is 0 Å². The maximum atomic E-state index is 13.6. The average Bonchev–Trinajstić information content (AvgIpc) is 2.54. The second-order valence-corrected chi connectivity index (χ2v) is 5.26. The van der Waals surface area contributed by atoms with Crippen molar-refractivity contribution in [3.63, 3.8) is 0 Å². The largest absolute Gasteiger partial charge is 0.356 e. The number of nitrogens with zero attached hydrogens (tertiary/aromatic N) is 1. The molecule has 0 atom stereocenters. The fourth-order valence-electron chi connectivity index (χ4n) is 2.25. The molecule has 2 aromatic carbocycles. The number of hydrogen-bond donors (Lipinski definition) is 2. The lowest BCUT2D eigenvalue weighted by molar-refractivity contribution is 0.570. The van der Waals surface area contributed by atoms with E-state index < -0.39 is 11.6 Å². The highest BCUT2D eigenvalue weighted by Crippen LogP contribution is 2.09. The number of benzene rings is 2. The third-order valence-electron chi connectivity index (χ3n) is 3.63. The van der Waals surface area contributed by atoms with Crippen LogP contribution in [-0.2, 0) is 13.0 Å². The highest BCUT2D eigenvalue weighted by molar-refractivity contribution is 5.79. The van der Waals surface area contributed by atoms with Crippen LogP contribution in [0.1, 0.15) is 16.7 Å². The van der Waals surface area contributed by atoms with Gasteiger partial charge in [0.05, 0.1) is 0 Å². The molecule has 0 unspecified atom stereocenters. The zero-order valence-electron chi connectivity index (χ0n) is 13.4. The van der Waals surface area contributed by atoms with Crippen molar-refractivity contribution in [1.82, 2.24) is 10.6 Å². The lowest BCUT2D eigenvalue weighted by Gasteiger charge is -2.13. The number of hydrogen-bond acceptors (Lipinski definition) is 1. The summed E-state index contributed by atoms with van der Waals surface area (Å²) in [6, 6.07) is 11.8. The lowest BCUT2D eigenvalue weighted by Crippen LogP contribution is -2.38. The van der Waals surface area contributed by atoms with Crippen LogP contribution in [-0.4, -0.2) is 19.6 Å². The minimum atomic E-state index is -0.560. The number of halogens is 2. The number of aliphatic imine (C=N–C) groups is 1. The summed E-state index contributed by atoms with van der Waals surface area (Å²) in [5, 5.41) is 6.35. The summed E-state index contributed by atoms with van der Waals surface area (Å²) in [4.78, 5) is 4.14. The summed E-state index contributed by atoms with van der Waals surface area (Å²) < 4.78 is 26.4. The van der Waals surface area contributed by atoms with Crippen molar-refractivity contribution in [1.29, 1.82) is 0 Å². The van der Waals surface area contributed by atoms with Gasteiger partial charge in [-0.05, 0) is 36.1 Å². The molecule has 3 nitrogen and oxygen atoms in total. The second-order valence-electron chi connectivity index (χ2n) is 5.26. The van der Waals surface area contributed by atoms with Crippen molar-refractivity contribution >= 4 is 5.96 Å². The zero-order chi connectivity index (χ0) is 16.7. The van der Waals surface area contributed by atoms with Crippen LogP contribution in [0.5, 0.6) is 0 Å². The first-order valence-corrected chi connectivity index (χ1v) is 7.53. The predicted molar refractivity (Wildman–Crippen MR) is 89.4 cm³/mol. The quantitative estimate of drug-likeness (QED) is 0.656. The fourth-order valence-corrected chi connectivity index (χ4v) is 2.25. The molecule has 2 N–H and O–H groups in total. The molecule has 0 aliphatic rings. The van der Waals surface area contributed by atoms with Crippen LogP contribution in [0.3, 0.4) is 0 Å². The van der Waals surface area contributed by atoms with Gasteiger partial charge in [-0.3, -0.25) is 4.99 Å². The summed E-state index contributed by atoms with van der Waals surface area (Å²) in [5.41, 5.74) is 2.89. The molecule has 23 heavy (non-hydrogen) atoms. The molecule has 0 bridgehead atoms. The Morgan fingerprint density at radius 3 is 2.52 bits per heavy atom. The molecule has 0 spiro atoms. The summed E-state index contributed by atoms with van der Waals surface area (Å²) in [6.45, 7) is 3.23. The van der Waals surface area contributed by atoms with Gasteiger partial charge in [-0.15, -0.1) is 0 Å². The van der Waals surface area contributed by atoms with Gasteiger partial charge >= 0.3 is 0 Å². The van der Waals surface area contributed by atoms with E-state index >= 15 is 0 Å². The van der Waals surface area contributed by atoms with Crippen LogP contribution in [0.25, 0.3) is 0 Å². The van der Waals surface area contributed by atoms with E-state index in [1.165, 1.54) is 23.3 Å². The Labute approximate surface area is 135 Å². The van der Waals surface area contributed by atoms with Crippen LogP contribution < -0.4 is 10.6 Å². The summed E-state index contributed by atoms with van der Waals surface area (Å²) in [6.07, 6.45) is 0.456. The maximum absolute atomic E-state index is 13.6. The van der Waals surface area contributed by atoms with Crippen molar-refractivity contribution in [2.75, 3.05) is 13.6 Å². The minimum Gasteiger partial charge on any atom is -0.356 e. The molecule has 0 saturated heterocycles. The van der Waals surface area contributed by atoms with Crippen LogP contribution >= 0.6 is 0 Å². The van der Waals surface area contributed by atoms with E-state index in [0.29, 0.717) is 31.0 Å². The van der Waals surface area contributed by atoms with Gasteiger partial charge < -0.3 is 10.6 Å². The monoisotopic (exact) mass is 317 g/mol. The zero-order valence-corrected chi connectivity index (χ0v) is 13.4. The maximum Gasteiger partial charge on any atom is 0.191 e. The van der Waals surface area contributed by atoms with E-state index in [1.807, 2.05) is 12.1 Å². The molecule has 122 valence electrons. The van der Waals surface area contributed by atoms with E-state index in [0.717, 1.165) is 6.07 Å².